The van der Waals surface area contributed by atoms with Gasteiger partial charge in [-0.05, 0) is 19.1 Å². The average molecular weight is 241 g/mol. The highest BCUT2D eigenvalue weighted by Crippen LogP contribution is 2.02. The van der Waals surface area contributed by atoms with E-state index < -0.39 is 10.0 Å². The molecule has 1 atom stereocenters. The van der Waals surface area contributed by atoms with Crippen LogP contribution in [0.1, 0.15) is 20.3 Å². The van der Waals surface area contributed by atoms with E-state index in [1.807, 2.05) is 13.8 Å². The fraction of sp³-hybridized carbons (Fsp3) is 1.00. The van der Waals surface area contributed by atoms with E-state index in [4.69, 9.17) is 5.11 Å². The monoisotopic (exact) mass is 241 g/mol. The summed E-state index contributed by atoms with van der Waals surface area (Å²) in [7, 11) is -3.20. The fourth-order valence-electron chi connectivity index (χ4n) is 0.949. The van der Waals surface area contributed by atoms with E-state index in [9.17, 15) is 8.42 Å². The van der Waals surface area contributed by atoms with Crippen molar-refractivity contribution in [2.45, 2.75) is 26.3 Å². The van der Waals surface area contributed by atoms with Crippen LogP contribution in [-0.4, -0.2) is 43.4 Å². The number of thioether (sulfide) groups is 1. The number of rotatable bonds is 8. The van der Waals surface area contributed by atoms with E-state index in [0.717, 1.165) is 11.5 Å². The Hall–Kier alpha value is 0.220. The van der Waals surface area contributed by atoms with Crippen LogP contribution in [0.25, 0.3) is 0 Å². The Balaban J connectivity index is 3.83. The summed E-state index contributed by atoms with van der Waals surface area (Å²) >= 11 is 1.70. The van der Waals surface area contributed by atoms with E-state index >= 15 is 0 Å². The summed E-state index contributed by atoms with van der Waals surface area (Å²) in [6.07, 6.45) is 0.295. The smallest absolute Gasteiger partial charge is 0.211 e. The van der Waals surface area contributed by atoms with Crippen molar-refractivity contribution in [2.24, 2.45) is 0 Å². The van der Waals surface area contributed by atoms with Gasteiger partial charge in [-0.25, -0.2) is 13.1 Å². The zero-order valence-corrected chi connectivity index (χ0v) is 10.3. The van der Waals surface area contributed by atoms with Gasteiger partial charge in [0.05, 0.1) is 5.75 Å². The van der Waals surface area contributed by atoms with Crippen molar-refractivity contribution in [1.29, 1.82) is 0 Å². The summed E-state index contributed by atoms with van der Waals surface area (Å²) in [5, 5.41) is 8.51. The fourth-order valence-corrected chi connectivity index (χ4v) is 3.05. The zero-order chi connectivity index (χ0) is 11.0. The van der Waals surface area contributed by atoms with Crippen LogP contribution < -0.4 is 4.72 Å². The molecule has 2 N–H and O–H groups in total. The molecule has 0 aromatic carbocycles. The van der Waals surface area contributed by atoms with Crippen LogP contribution in [0.3, 0.4) is 0 Å². The third kappa shape index (κ3) is 7.61. The second-order valence-electron chi connectivity index (χ2n) is 3.07. The highest BCUT2D eigenvalue weighted by Gasteiger charge is 2.13. The Kier molecular flexibility index (Phi) is 7.62. The summed E-state index contributed by atoms with van der Waals surface area (Å²) in [4.78, 5) is 0. The first kappa shape index (κ1) is 14.2. The van der Waals surface area contributed by atoms with Gasteiger partial charge in [-0.15, -0.1) is 0 Å². The van der Waals surface area contributed by atoms with Crippen molar-refractivity contribution in [3.63, 3.8) is 0 Å². The second-order valence-corrected chi connectivity index (χ2v) is 6.27. The Morgan fingerprint density at radius 3 is 2.64 bits per heavy atom. The average Bonchev–Trinajstić information content (AvgIpc) is 2.11. The SMILES string of the molecule is CCSCC(C)NS(=O)(=O)CCCO. The molecule has 0 saturated heterocycles. The van der Waals surface area contributed by atoms with Gasteiger partial charge in [-0.2, -0.15) is 11.8 Å². The maximum atomic E-state index is 11.3. The van der Waals surface area contributed by atoms with Crippen molar-refractivity contribution >= 4 is 21.8 Å². The molecule has 0 rings (SSSR count). The minimum atomic E-state index is -3.20. The molecule has 14 heavy (non-hydrogen) atoms. The third-order valence-corrected chi connectivity index (χ3v) is 4.26. The number of aliphatic hydroxyl groups excluding tert-OH is 1. The van der Waals surface area contributed by atoms with Gasteiger partial charge in [-0.3, -0.25) is 0 Å². The normalized spacial score (nSPS) is 14.2. The number of hydrogen-bond acceptors (Lipinski definition) is 4. The lowest BCUT2D eigenvalue weighted by Crippen LogP contribution is -2.36. The first-order valence-electron chi connectivity index (χ1n) is 4.70. The molecule has 86 valence electrons. The number of aliphatic hydroxyl groups is 1. The highest BCUT2D eigenvalue weighted by molar-refractivity contribution is 7.99. The molecular weight excluding hydrogens is 222 g/mol. The second kappa shape index (κ2) is 7.50. The first-order valence-corrected chi connectivity index (χ1v) is 7.51. The number of sulfonamides is 1. The van der Waals surface area contributed by atoms with Gasteiger partial charge in [-0.1, -0.05) is 6.92 Å². The summed E-state index contributed by atoms with van der Waals surface area (Å²) in [6, 6.07) is -0.0383. The summed E-state index contributed by atoms with van der Waals surface area (Å²) in [5.74, 6) is 1.78. The molecule has 0 aromatic heterocycles. The Labute approximate surface area is 90.5 Å². The van der Waals surface area contributed by atoms with Gasteiger partial charge < -0.3 is 5.11 Å². The van der Waals surface area contributed by atoms with Crippen molar-refractivity contribution in [3.8, 4) is 0 Å². The highest BCUT2D eigenvalue weighted by atomic mass is 32.2. The van der Waals surface area contributed by atoms with Crippen LogP contribution >= 0.6 is 11.8 Å². The molecule has 0 amide bonds. The quantitative estimate of drug-likeness (QED) is 0.647. The van der Waals surface area contributed by atoms with Crippen molar-refractivity contribution in [1.82, 2.24) is 4.72 Å². The molecular formula is C8H19NO3S2. The third-order valence-electron chi connectivity index (χ3n) is 1.52. The number of hydrogen-bond donors (Lipinski definition) is 2. The standard InChI is InChI=1S/C8H19NO3S2/c1-3-13-7-8(2)9-14(11,12)6-4-5-10/h8-10H,3-7H2,1-2H3. The van der Waals surface area contributed by atoms with Gasteiger partial charge in [0, 0.05) is 18.4 Å². The molecule has 0 radical (unpaired) electrons. The maximum absolute atomic E-state index is 11.3. The number of nitrogens with one attached hydrogen (secondary N) is 1. The van der Waals surface area contributed by atoms with Crippen LogP contribution in [0.2, 0.25) is 0 Å². The lowest BCUT2D eigenvalue weighted by Gasteiger charge is -2.12. The van der Waals surface area contributed by atoms with E-state index in [-0.39, 0.29) is 18.4 Å². The van der Waals surface area contributed by atoms with Gasteiger partial charge in [0.1, 0.15) is 0 Å². The van der Waals surface area contributed by atoms with E-state index in [0.29, 0.717) is 6.42 Å². The van der Waals surface area contributed by atoms with Crippen LogP contribution in [0.4, 0.5) is 0 Å². The lowest BCUT2D eigenvalue weighted by atomic mass is 10.4. The maximum Gasteiger partial charge on any atom is 0.211 e. The predicted octanol–water partition coefficient (Wildman–Crippen LogP) is 0.430. The molecule has 6 heteroatoms. The lowest BCUT2D eigenvalue weighted by molar-refractivity contribution is 0.295. The van der Waals surface area contributed by atoms with Crippen molar-refractivity contribution < 1.29 is 13.5 Å². The summed E-state index contributed by atoms with van der Waals surface area (Å²) in [5.41, 5.74) is 0. The minimum absolute atomic E-state index is 0.00459. The van der Waals surface area contributed by atoms with Gasteiger partial charge >= 0.3 is 0 Å². The van der Waals surface area contributed by atoms with Gasteiger partial charge in [0.15, 0.2) is 0 Å². The Bertz CT molecular complexity index is 229. The molecule has 0 bridgehead atoms. The molecule has 1 unspecified atom stereocenters. The molecule has 0 aliphatic carbocycles. The molecule has 0 fully saturated rings. The van der Waals surface area contributed by atoms with Crippen molar-refractivity contribution in [2.75, 3.05) is 23.9 Å². The van der Waals surface area contributed by atoms with Crippen LogP contribution in [0, 0.1) is 0 Å². The molecule has 0 heterocycles. The Morgan fingerprint density at radius 1 is 1.50 bits per heavy atom. The van der Waals surface area contributed by atoms with E-state index in [1.165, 1.54) is 0 Å². The molecule has 0 aliphatic rings. The van der Waals surface area contributed by atoms with E-state index in [2.05, 4.69) is 4.72 Å². The Morgan fingerprint density at radius 2 is 2.14 bits per heavy atom. The molecule has 0 aliphatic heterocycles. The van der Waals surface area contributed by atoms with E-state index in [1.54, 1.807) is 11.8 Å². The molecule has 0 saturated carbocycles. The van der Waals surface area contributed by atoms with Crippen LogP contribution in [0.5, 0.6) is 0 Å². The molecule has 0 spiro atoms. The zero-order valence-electron chi connectivity index (χ0n) is 8.69. The minimum Gasteiger partial charge on any atom is -0.396 e. The summed E-state index contributed by atoms with van der Waals surface area (Å²) in [6.45, 7) is 3.80. The molecule has 0 aromatic rings. The van der Waals surface area contributed by atoms with Crippen molar-refractivity contribution in [3.05, 3.63) is 0 Å². The predicted molar refractivity (Wildman–Crippen MR) is 61.1 cm³/mol. The van der Waals surface area contributed by atoms with Gasteiger partial charge in [0.25, 0.3) is 0 Å². The first-order chi connectivity index (χ1) is 6.52. The van der Waals surface area contributed by atoms with Gasteiger partial charge in [0.2, 0.25) is 10.0 Å². The summed E-state index contributed by atoms with van der Waals surface area (Å²) < 4.78 is 25.2. The topological polar surface area (TPSA) is 66.4 Å². The largest absolute Gasteiger partial charge is 0.396 e. The van der Waals surface area contributed by atoms with Crippen LogP contribution in [-0.2, 0) is 10.0 Å². The van der Waals surface area contributed by atoms with Crippen LogP contribution in [0.15, 0.2) is 0 Å². The molecule has 4 nitrogen and oxygen atoms in total.